The number of anilines is 1. The first-order valence-electron chi connectivity index (χ1n) is 5.26. The molecule has 0 radical (unpaired) electrons. The molecule has 1 amide bonds. The van der Waals surface area contributed by atoms with E-state index in [1.807, 2.05) is 0 Å². The molecule has 0 saturated heterocycles. The predicted octanol–water partition coefficient (Wildman–Crippen LogP) is 2.12. The molecule has 0 aliphatic carbocycles. The highest BCUT2D eigenvalue weighted by Gasteiger charge is 2.13. The van der Waals surface area contributed by atoms with Crippen LogP contribution in [0.4, 0.5) is 10.1 Å². The van der Waals surface area contributed by atoms with E-state index in [4.69, 9.17) is 4.74 Å². The van der Waals surface area contributed by atoms with Crippen molar-refractivity contribution >= 4 is 11.6 Å². The number of nitrogens with one attached hydrogen (secondary N) is 2. The zero-order valence-corrected chi connectivity index (χ0v) is 9.95. The fraction of sp³-hybridized carbons (Fsp3) is 0.167. The highest BCUT2D eigenvalue weighted by molar-refractivity contribution is 6.04. The Morgan fingerprint density at radius 2 is 2.28 bits per heavy atom. The fourth-order valence-electron chi connectivity index (χ4n) is 1.50. The predicted molar refractivity (Wildman–Crippen MR) is 64.2 cm³/mol. The second-order valence-electron chi connectivity index (χ2n) is 3.71. The van der Waals surface area contributed by atoms with Crippen LogP contribution in [0, 0.1) is 12.7 Å². The largest absolute Gasteiger partial charge is 0.497 e. The number of ether oxygens (including phenoxy) is 1. The molecule has 0 bridgehead atoms. The van der Waals surface area contributed by atoms with Crippen molar-refractivity contribution in [2.75, 3.05) is 12.4 Å². The van der Waals surface area contributed by atoms with Crippen LogP contribution >= 0.6 is 0 Å². The molecule has 0 unspecified atom stereocenters. The van der Waals surface area contributed by atoms with Gasteiger partial charge in [0.15, 0.2) is 0 Å². The van der Waals surface area contributed by atoms with Crippen LogP contribution in [0.3, 0.4) is 0 Å². The summed E-state index contributed by atoms with van der Waals surface area (Å²) >= 11 is 0. The van der Waals surface area contributed by atoms with Crippen molar-refractivity contribution in [1.29, 1.82) is 0 Å². The maximum absolute atomic E-state index is 13.5. The molecule has 1 heterocycles. The van der Waals surface area contributed by atoms with Crippen molar-refractivity contribution in [1.82, 2.24) is 10.2 Å². The first-order valence-corrected chi connectivity index (χ1v) is 5.26. The van der Waals surface area contributed by atoms with Gasteiger partial charge in [-0.2, -0.15) is 5.10 Å². The molecule has 5 nitrogen and oxygen atoms in total. The molecule has 2 N–H and O–H groups in total. The number of aromatic nitrogens is 2. The van der Waals surface area contributed by atoms with Gasteiger partial charge in [-0.3, -0.25) is 9.89 Å². The van der Waals surface area contributed by atoms with Crippen LogP contribution in [0.25, 0.3) is 0 Å². The Morgan fingerprint density at radius 1 is 1.50 bits per heavy atom. The second kappa shape index (κ2) is 4.87. The Kier molecular flexibility index (Phi) is 3.27. The average molecular weight is 249 g/mol. The fourth-order valence-corrected chi connectivity index (χ4v) is 1.50. The van der Waals surface area contributed by atoms with Gasteiger partial charge in [0.25, 0.3) is 5.91 Å². The molecule has 94 valence electrons. The van der Waals surface area contributed by atoms with Crippen molar-refractivity contribution < 1.29 is 13.9 Å². The van der Waals surface area contributed by atoms with Crippen LogP contribution in [0.15, 0.2) is 24.4 Å². The Labute approximate surface area is 103 Å². The molecule has 0 spiro atoms. The van der Waals surface area contributed by atoms with Gasteiger partial charge >= 0.3 is 0 Å². The van der Waals surface area contributed by atoms with E-state index in [0.29, 0.717) is 17.0 Å². The van der Waals surface area contributed by atoms with Gasteiger partial charge in [-0.25, -0.2) is 4.39 Å². The highest BCUT2D eigenvalue weighted by Crippen LogP contribution is 2.21. The maximum atomic E-state index is 13.5. The lowest BCUT2D eigenvalue weighted by atomic mass is 10.2. The summed E-state index contributed by atoms with van der Waals surface area (Å²) in [5.74, 6) is -0.477. The van der Waals surface area contributed by atoms with Gasteiger partial charge in [0.1, 0.15) is 11.6 Å². The van der Waals surface area contributed by atoms with Gasteiger partial charge in [0.05, 0.1) is 24.6 Å². The summed E-state index contributed by atoms with van der Waals surface area (Å²) in [6, 6.07) is 4.13. The Balaban J connectivity index is 2.24. The molecule has 0 aliphatic rings. The number of hydrogen-bond acceptors (Lipinski definition) is 3. The molecule has 0 aliphatic heterocycles. The van der Waals surface area contributed by atoms with E-state index in [-0.39, 0.29) is 5.69 Å². The maximum Gasteiger partial charge on any atom is 0.259 e. The molecular weight excluding hydrogens is 237 g/mol. The van der Waals surface area contributed by atoms with Gasteiger partial charge in [0, 0.05) is 11.8 Å². The third-order valence-corrected chi connectivity index (χ3v) is 2.50. The van der Waals surface area contributed by atoms with Crippen LogP contribution in [0.1, 0.15) is 16.1 Å². The van der Waals surface area contributed by atoms with E-state index >= 15 is 0 Å². The summed E-state index contributed by atoms with van der Waals surface area (Å²) in [7, 11) is 1.47. The number of carbonyl (C=O) groups excluding carboxylic acids is 1. The quantitative estimate of drug-likeness (QED) is 0.875. The van der Waals surface area contributed by atoms with Gasteiger partial charge in [-0.15, -0.1) is 0 Å². The summed E-state index contributed by atoms with van der Waals surface area (Å²) < 4.78 is 18.5. The van der Waals surface area contributed by atoms with Crippen molar-refractivity contribution in [2.45, 2.75) is 6.92 Å². The third-order valence-electron chi connectivity index (χ3n) is 2.50. The minimum Gasteiger partial charge on any atom is -0.497 e. The first-order chi connectivity index (χ1) is 8.61. The van der Waals surface area contributed by atoms with Crippen molar-refractivity contribution in [2.24, 2.45) is 0 Å². The number of amides is 1. The summed E-state index contributed by atoms with van der Waals surface area (Å²) in [6.45, 7) is 1.71. The van der Waals surface area contributed by atoms with Gasteiger partial charge in [-0.05, 0) is 19.1 Å². The normalized spacial score (nSPS) is 10.2. The number of methoxy groups -OCH3 is 1. The number of aromatic amines is 1. The molecule has 2 aromatic rings. The Hall–Kier alpha value is -2.37. The second-order valence-corrected chi connectivity index (χ2v) is 3.71. The Morgan fingerprint density at radius 3 is 2.89 bits per heavy atom. The lowest BCUT2D eigenvalue weighted by molar-refractivity contribution is 0.102. The molecule has 0 fully saturated rings. The zero-order valence-electron chi connectivity index (χ0n) is 9.95. The van der Waals surface area contributed by atoms with Crippen LogP contribution in [-0.2, 0) is 0 Å². The SMILES string of the molecule is COc1ccc(F)c(NC(=O)c2cn[nH]c2C)c1. The number of H-pyrrole nitrogens is 1. The van der Waals surface area contributed by atoms with E-state index < -0.39 is 11.7 Å². The van der Waals surface area contributed by atoms with Gasteiger partial charge in [0.2, 0.25) is 0 Å². The molecule has 1 aromatic carbocycles. The minimum absolute atomic E-state index is 0.0694. The van der Waals surface area contributed by atoms with Gasteiger partial charge in [-0.1, -0.05) is 0 Å². The lowest BCUT2D eigenvalue weighted by Gasteiger charge is -2.07. The van der Waals surface area contributed by atoms with E-state index in [9.17, 15) is 9.18 Å². The van der Waals surface area contributed by atoms with E-state index in [1.54, 1.807) is 6.92 Å². The minimum atomic E-state index is -0.523. The third kappa shape index (κ3) is 2.32. The number of hydrogen-bond donors (Lipinski definition) is 2. The molecule has 0 atom stereocenters. The van der Waals surface area contributed by atoms with E-state index in [1.165, 1.54) is 31.5 Å². The number of nitrogens with zero attached hydrogens (tertiary/aromatic N) is 1. The number of rotatable bonds is 3. The number of aryl methyl sites for hydroxylation is 1. The molecule has 0 saturated carbocycles. The molecule has 18 heavy (non-hydrogen) atoms. The summed E-state index contributed by atoms with van der Waals surface area (Å²) in [6.07, 6.45) is 1.39. The number of benzene rings is 1. The zero-order chi connectivity index (χ0) is 13.1. The average Bonchev–Trinajstić information content (AvgIpc) is 2.78. The topological polar surface area (TPSA) is 67.0 Å². The standard InChI is InChI=1S/C12H12FN3O2/c1-7-9(6-14-16-7)12(17)15-11-5-8(18-2)3-4-10(11)13/h3-6H,1-2H3,(H,14,16)(H,15,17). The Bertz CT molecular complexity index is 580. The van der Waals surface area contributed by atoms with E-state index in [0.717, 1.165) is 0 Å². The molecular formula is C12H12FN3O2. The molecule has 2 rings (SSSR count). The molecule has 6 heteroatoms. The summed E-state index contributed by atoms with van der Waals surface area (Å²) in [5.41, 5.74) is 1.06. The highest BCUT2D eigenvalue weighted by atomic mass is 19.1. The van der Waals surface area contributed by atoms with E-state index in [2.05, 4.69) is 15.5 Å². The first kappa shape index (κ1) is 12.1. The molecule has 1 aromatic heterocycles. The lowest BCUT2D eigenvalue weighted by Crippen LogP contribution is -2.13. The van der Waals surface area contributed by atoms with Crippen LogP contribution in [-0.4, -0.2) is 23.2 Å². The summed E-state index contributed by atoms with van der Waals surface area (Å²) in [4.78, 5) is 11.9. The monoisotopic (exact) mass is 249 g/mol. The smallest absolute Gasteiger partial charge is 0.259 e. The number of halogens is 1. The summed E-state index contributed by atoms with van der Waals surface area (Å²) in [5, 5.41) is 8.85. The van der Waals surface area contributed by atoms with Crippen LogP contribution in [0.2, 0.25) is 0 Å². The number of carbonyl (C=O) groups is 1. The van der Waals surface area contributed by atoms with Gasteiger partial charge < -0.3 is 10.1 Å². The van der Waals surface area contributed by atoms with Crippen molar-refractivity contribution in [3.63, 3.8) is 0 Å². The van der Waals surface area contributed by atoms with Crippen molar-refractivity contribution in [3.05, 3.63) is 41.5 Å². The van der Waals surface area contributed by atoms with Crippen LogP contribution in [0.5, 0.6) is 5.75 Å². The van der Waals surface area contributed by atoms with Crippen LogP contribution < -0.4 is 10.1 Å². The van der Waals surface area contributed by atoms with Crippen molar-refractivity contribution in [3.8, 4) is 5.75 Å².